The quantitative estimate of drug-likeness (QED) is 0.698. The monoisotopic (exact) mass is 170 g/mol. The van der Waals surface area contributed by atoms with E-state index in [0.29, 0.717) is 6.10 Å². The second kappa shape index (κ2) is 3.75. The molecule has 1 N–H and O–H groups in total. The molecule has 0 bridgehead atoms. The molecule has 12 heavy (non-hydrogen) atoms. The lowest BCUT2D eigenvalue weighted by Crippen LogP contribution is -2.24. The smallest absolute Gasteiger partial charge is 0.0577 e. The predicted octanol–water partition coefficient (Wildman–Crippen LogP) is 1.72. The molecule has 0 heterocycles. The van der Waals surface area contributed by atoms with E-state index >= 15 is 0 Å². The number of aliphatic hydroxyl groups is 1. The fourth-order valence-corrected chi connectivity index (χ4v) is 1.77. The van der Waals surface area contributed by atoms with Crippen molar-refractivity contribution in [3.63, 3.8) is 0 Å². The van der Waals surface area contributed by atoms with Crippen LogP contribution in [0.15, 0.2) is 0 Å². The molecule has 0 amide bonds. The molecule has 0 spiro atoms. The van der Waals surface area contributed by atoms with Crippen molar-refractivity contribution in [3.8, 4) is 0 Å². The Kier molecular flexibility index (Phi) is 2.66. The highest BCUT2D eigenvalue weighted by Gasteiger charge is 2.25. The molecule has 0 saturated heterocycles. The molecule has 2 saturated carbocycles. The van der Waals surface area contributed by atoms with Crippen LogP contribution in [0.2, 0.25) is 0 Å². The summed E-state index contributed by atoms with van der Waals surface area (Å²) in [7, 11) is 0. The summed E-state index contributed by atoms with van der Waals surface area (Å²) in [6.45, 7) is 0.973. The van der Waals surface area contributed by atoms with Crippen LogP contribution in [0.3, 0.4) is 0 Å². The van der Waals surface area contributed by atoms with Crippen molar-refractivity contribution in [2.45, 2.75) is 50.7 Å². The average Bonchev–Trinajstić information content (AvgIpc) is 2.87. The van der Waals surface area contributed by atoms with Gasteiger partial charge >= 0.3 is 0 Å². The van der Waals surface area contributed by atoms with Crippen molar-refractivity contribution in [1.29, 1.82) is 0 Å². The molecular weight excluding hydrogens is 152 g/mol. The summed E-state index contributed by atoms with van der Waals surface area (Å²) in [5, 5.41) is 9.26. The van der Waals surface area contributed by atoms with Crippen LogP contribution in [0.4, 0.5) is 0 Å². The lowest BCUT2D eigenvalue weighted by molar-refractivity contribution is -0.00737. The zero-order chi connectivity index (χ0) is 8.39. The molecule has 2 heteroatoms. The average molecular weight is 170 g/mol. The van der Waals surface area contributed by atoms with Crippen LogP contribution in [0.25, 0.3) is 0 Å². The number of ether oxygens (including phenoxy) is 1. The zero-order valence-corrected chi connectivity index (χ0v) is 7.54. The van der Waals surface area contributed by atoms with E-state index in [1.165, 1.54) is 12.8 Å². The Morgan fingerprint density at radius 2 is 1.67 bits per heavy atom. The van der Waals surface area contributed by atoms with Crippen molar-refractivity contribution in [1.82, 2.24) is 0 Å². The molecule has 0 unspecified atom stereocenters. The van der Waals surface area contributed by atoms with Gasteiger partial charge in [-0.1, -0.05) is 0 Å². The van der Waals surface area contributed by atoms with Gasteiger partial charge in [-0.15, -0.1) is 0 Å². The first-order chi connectivity index (χ1) is 5.84. The molecule has 0 aromatic carbocycles. The normalized spacial score (nSPS) is 36.8. The van der Waals surface area contributed by atoms with Crippen LogP contribution in [0.5, 0.6) is 0 Å². The van der Waals surface area contributed by atoms with Gasteiger partial charge in [0.15, 0.2) is 0 Å². The Morgan fingerprint density at radius 3 is 2.25 bits per heavy atom. The fraction of sp³-hybridized carbons (Fsp3) is 1.00. The van der Waals surface area contributed by atoms with E-state index < -0.39 is 0 Å². The molecular formula is C10H18O2. The van der Waals surface area contributed by atoms with E-state index in [4.69, 9.17) is 4.74 Å². The van der Waals surface area contributed by atoms with Crippen LogP contribution < -0.4 is 0 Å². The van der Waals surface area contributed by atoms with Gasteiger partial charge in [0.05, 0.1) is 12.2 Å². The van der Waals surface area contributed by atoms with E-state index in [-0.39, 0.29) is 6.10 Å². The molecule has 70 valence electrons. The van der Waals surface area contributed by atoms with Gasteiger partial charge < -0.3 is 9.84 Å². The second-order valence-electron chi connectivity index (χ2n) is 4.21. The number of hydrogen-bond acceptors (Lipinski definition) is 2. The van der Waals surface area contributed by atoms with E-state index in [0.717, 1.165) is 38.2 Å². The lowest BCUT2D eigenvalue weighted by atomic mass is 9.95. The Labute approximate surface area is 73.9 Å². The second-order valence-corrected chi connectivity index (χ2v) is 4.21. The molecule has 2 rings (SSSR count). The molecule has 0 aromatic heterocycles. The van der Waals surface area contributed by atoms with Gasteiger partial charge in [0.1, 0.15) is 0 Å². The minimum Gasteiger partial charge on any atom is -0.393 e. The van der Waals surface area contributed by atoms with E-state index in [1.807, 2.05) is 0 Å². The minimum atomic E-state index is -0.0502. The molecule has 0 aliphatic heterocycles. The van der Waals surface area contributed by atoms with Gasteiger partial charge in [-0.25, -0.2) is 0 Å². The van der Waals surface area contributed by atoms with Crippen LogP contribution in [0, 0.1) is 5.92 Å². The molecule has 2 aliphatic rings. The van der Waals surface area contributed by atoms with Gasteiger partial charge in [0, 0.05) is 6.61 Å². The van der Waals surface area contributed by atoms with Crippen molar-refractivity contribution in [2.75, 3.05) is 6.61 Å². The van der Waals surface area contributed by atoms with Crippen LogP contribution in [-0.2, 0) is 4.74 Å². The van der Waals surface area contributed by atoms with Crippen molar-refractivity contribution < 1.29 is 9.84 Å². The summed E-state index contributed by atoms with van der Waals surface area (Å²) in [5.74, 6) is 0.872. The first-order valence-corrected chi connectivity index (χ1v) is 5.14. The van der Waals surface area contributed by atoms with Gasteiger partial charge in [0.25, 0.3) is 0 Å². The van der Waals surface area contributed by atoms with Crippen molar-refractivity contribution >= 4 is 0 Å². The number of hydrogen-bond donors (Lipinski definition) is 1. The molecule has 0 radical (unpaired) electrons. The highest BCUT2D eigenvalue weighted by Crippen LogP contribution is 2.30. The predicted molar refractivity (Wildman–Crippen MR) is 46.9 cm³/mol. The van der Waals surface area contributed by atoms with Gasteiger partial charge in [-0.2, -0.15) is 0 Å². The SMILES string of the molecule is OC1CCC(OCC2CC2)CC1. The topological polar surface area (TPSA) is 29.5 Å². The Bertz CT molecular complexity index is 135. The third kappa shape index (κ3) is 2.46. The standard InChI is InChI=1S/C10H18O2/c11-9-3-5-10(6-4-9)12-7-8-1-2-8/h8-11H,1-7H2. The third-order valence-corrected chi connectivity index (χ3v) is 2.91. The number of aliphatic hydroxyl groups excluding tert-OH is 1. The van der Waals surface area contributed by atoms with Crippen LogP contribution >= 0.6 is 0 Å². The summed E-state index contributed by atoms with van der Waals surface area (Å²) >= 11 is 0. The van der Waals surface area contributed by atoms with Crippen molar-refractivity contribution in [3.05, 3.63) is 0 Å². The molecule has 0 aromatic rings. The van der Waals surface area contributed by atoms with Crippen LogP contribution in [-0.4, -0.2) is 23.9 Å². The summed E-state index contributed by atoms with van der Waals surface area (Å²) in [6, 6.07) is 0. The van der Waals surface area contributed by atoms with Crippen molar-refractivity contribution in [2.24, 2.45) is 5.92 Å². The molecule has 2 aliphatic carbocycles. The summed E-state index contributed by atoms with van der Waals surface area (Å²) in [4.78, 5) is 0. The zero-order valence-electron chi connectivity index (χ0n) is 7.54. The minimum absolute atomic E-state index is 0.0502. The highest BCUT2D eigenvalue weighted by atomic mass is 16.5. The Morgan fingerprint density at radius 1 is 1.00 bits per heavy atom. The summed E-state index contributed by atoms with van der Waals surface area (Å²) in [6.07, 6.45) is 7.15. The lowest BCUT2D eigenvalue weighted by Gasteiger charge is -2.25. The summed E-state index contributed by atoms with van der Waals surface area (Å²) in [5.41, 5.74) is 0. The highest BCUT2D eigenvalue weighted by molar-refractivity contribution is 4.75. The summed E-state index contributed by atoms with van der Waals surface area (Å²) < 4.78 is 5.74. The van der Waals surface area contributed by atoms with E-state index in [2.05, 4.69) is 0 Å². The van der Waals surface area contributed by atoms with Gasteiger partial charge in [-0.05, 0) is 44.4 Å². The molecule has 2 nitrogen and oxygen atoms in total. The maximum absolute atomic E-state index is 9.26. The maximum Gasteiger partial charge on any atom is 0.0577 e. The fourth-order valence-electron chi connectivity index (χ4n) is 1.77. The Hall–Kier alpha value is -0.0800. The van der Waals surface area contributed by atoms with Crippen LogP contribution in [0.1, 0.15) is 38.5 Å². The van der Waals surface area contributed by atoms with Gasteiger partial charge in [-0.3, -0.25) is 0 Å². The van der Waals surface area contributed by atoms with E-state index in [9.17, 15) is 5.11 Å². The Balaban J connectivity index is 1.60. The maximum atomic E-state index is 9.26. The third-order valence-electron chi connectivity index (χ3n) is 2.91. The van der Waals surface area contributed by atoms with E-state index in [1.54, 1.807) is 0 Å². The first-order valence-electron chi connectivity index (χ1n) is 5.14. The first kappa shape index (κ1) is 8.52. The number of rotatable bonds is 3. The molecule has 0 atom stereocenters. The molecule has 2 fully saturated rings. The van der Waals surface area contributed by atoms with Gasteiger partial charge in [0.2, 0.25) is 0 Å². The largest absolute Gasteiger partial charge is 0.393 e.